The first-order valence-electron chi connectivity index (χ1n) is 8.04. The van der Waals surface area contributed by atoms with Crippen LogP contribution in [0.2, 0.25) is 0 Å². The van der Waals surface area contributed by atoms with Crippen LogP contribution in [0.1, 0.15) is 24.9 Å². The zero-order valence-electron chi connectivity index (χ0n) is 14.2. The highest BCUT2D eigenvalue weighted by Crippen LogP contribution is 2.41. The molecule has 0 saturated carbocycles. The van der Waals surface area contributed by atoms with Crippen LogP contribution < -0.4 is 4.74 Å². The average Bonchev–Trinajstić information content (AvgIpc) is 2.96. The summed E-state index contributed by atoms with van der Waals surface area (Å²) >= 11 is 0. The fourth-order valence-electron chi connectivity index (χ4n) is 3.32. The van der Waals surface area contributed by atoms with Crippen molar-refractivity contribution in [1.82, 2.24) is 4.31 Å². The molecule has 2 unspecified atom stereocenters. The molecule has 4 nitrogen and oxygen atoms in total. The van der Waals surface area contributed by atoms with E-state index in [9.17, 15) is 21.6 Å². The fourth-order valence-corrected chi connectivity index (χ4v) is 5.16. The summed E-state index contributed by atoms with van der Waals surface area (Å²) in [4.78, 5) is -1.12. The second-order valence-electron chi connectivity index (χ2n) is 6.41. The van der Waals surface area contributed by atoms with Gasteiger partial charge in [-0.25, -0.2) is 21.6 Å². The van der Waals surface area contributed by atoms with E-state index in [1.165, 1.54) is 7.11 Å². The van der Waals surface area contributed by atoms with E-state index in [0.717, 1.165) is 4.31 Å². The largest absolute Gasteiger partial charge is 0.497 e. The molecule has 2 atom stereocenters. The summed E-state index contributed by atoms with van der Waals surface area (Å²) in [6.07, 6.45) is 0.497. The molecular formula is C18H18F3NO3S. The average molecular weight is 385 g/mol. The Labute approximate surface area is 150 Å². The van der Waals surface area contributed by atoms with Crippen LogP contribution in [0.3, 0.4) is 0 Å². The molecule has 1 aliphatic heterocycles. The molecule has 26 heavy (non-hydrogen) atoms. The maximum Gasteiger partial charge on any atom is 0.249 e. The summed E-state index contributed by atoms with van der Waals surface area (Å²) in [6.45, 7) is 1.97. The summed E-state index contributed by atoms with van der Waals surface area (Å²) < 4.78 is 73.5. The molecule has 0 aromatic heterocycles. The van der Waals surface area contributed by atoms with E-state index in [1.807, 2.05) is 6.92 Å². The van der Waals surface area contributed by atoms with Gasteiger partial charge < -0.3 is 4.74 Å². The fraction of sp³-hybridized carbons (Fsp3) is 0.333. The van der Waals surface area contributed by atoms with Crippen molar-refractivity contribution in [2.24, 2.45) is 5.92 Å². The molecule has 0 spiro atoms. The molecular weight excluding hydrogens is 367 g/mol. The van der Waals surface area contributed by atoms with Gasteiger partial charge >= 0.3 is 0 Å². The first-order chi connectivity index (χ1) is 12.2. The molecule has 1 heterocycles. The topological polar surface area (TPSA) is 46.6 Å². The number of sulfonamides is 1. The minimum Gasteiger partial charge on any atom is -0.497 e. The Hall–Kier alpha value is -2.06. The van der Waals surface area contributed by atoms with Gasteiger partial charge in [0.15, 0.2) is 4.90 Å². The third-order valence-corrected chi connectivity index (χ3v) is 6.40. The maximum atomic E-state index is 14.1. The zero-order valence-corrected chi connectivity index (χ0v) is 15.1. The zero-order chi connectivity index (χ0) is 19.1. The summed E-state index contributed by atoms with van der Waals surface area (Å²) in [7, 11) is -3.00. The van der Waals surface area contributed by atoms with Crippen LogP contribution >= 0.6 is 0 Å². The molecule has 2 aromatic carbocycles. The molecule has 0 amide bonds. The lowest BCUT2D eigenvalue weighted by atomic mass is 10.0. The number of benzene rings is 2. The molecule has 2 aromatic rings. The molecule has 0 N–H and O–H groups in total. The second-order valence-corrected chi connectivity index (χ2v) is 8.23. The van der Waals surface area contributed by atoms with Gasteiger partial charge in [-0.1, -0.05) is 19.1 Å². The van der Waals surface area contributed by atoms with Crippen LogP contribution in [0.4, 0.5) is 13.2 Å². The smallest absolute Gasteiger partial charge is 0.249 e. The number of hydrogen-bond acceptors (Lipinski definition) is 3. The SMILES string of the molecule is COc1cccc(C2CC(C)CN2S(=O)(=O)c2c(F)cc(F)cc2F)c1. The quantitative estimate of drug-likeness (QED) is 0.802. The Bertz CT molecular complexity index is 910. The lowest BCUT2D eigenvalue weighted by molar-refractivity contribution is 0.382. The number of hydrogen-bond donors (Lipinski definition) is 0. The van der Waals surface area contributed by atoms with Crippen molar-refractivity contribution in [3.05, 3.63) is 59.4 Å². The third-order valence-electron chi connectivity index (χ3n) is 4.47. The van der Waals surface area contributed by atoms with Gasteiger partial charge in [0.05, 0.1) is 13.2 Å². The first-order valence-corrected chi connectivity index (χ1v) is 9.48. The van der Waals surface area contributed by atoms with Crippen LogP contribution in [0.5, 0.6) is 5.75 Å². The van der Waals surface area contributed by atoms with E-state index in [0.29, 0.717) is 29.9 Å². The lowest BCUT2D eigenvalue weighted by Crippen LogP contribution is -2.32. The number of ether oxygens (including phenoxy) is 1. The molecule has 1 saturated heterocycles. The maximum absolute atomic E-state index is 14.1. The van der Waals surface area contributed by atoms with Crippen molar-refractivity contribution in [2.45, 2.75) is 24.3 Å². The van der Waals surface area contributed by atoms with E-state index in [-0.39, 0.29) is 12.5 Å². The van der Waals surface area contributed by atoms with Crippen LogP contribution in [0, 0.1) is 23.4 Å². The third kappa shape index (κ3) is 3.31. The number of methoxy groups -OCH3 is 1. The molecule has 1 fully saturated rings. The Morgan fingerprint density at radius 2 is 1.77 bits per heavy atom. The predicted molar refractivity (Wildman–Crippen MR) is 89.7 cm³/mol. The molecule has 0 aliphatic carbocycles. The van der Waals surface area contributed by atoms with Crippen molar-refractivity contribution in [2.75, 3.05) is 13.7 Å². The van der Waals surface area contributed by atoms with E-state index < -0.39 is 38.4 Å². The minimum atomic E-state index is -4.49. The Balaban J connectivity index is 2.08. The Morgan fingerprint density at radius 1 is 1.12 bits per heavy atom. The van der Waals surface area contributed by atoms with E-state index in [1.54, 1.807) is 24.3 Å². The predicted octanol–water partition coefficient (Wildman–Crippen LogP) is 3.88. The molecule has 8 heteroatoms. The van der Waals surface area contributed by atoms with Crippen molar-refractivity contribution in [3.8, 4) is 5.75 Å². The van der Waals surface area contributed by atoms with E-state index in [4.69, 9.17) is 4.74 Å². The van der Waals surface area contributed by atoms with Crippen LogP contribution in [0.15, 0.2) is 41.3 Å². The highest BCUT2D eigenvalue weighted by molar-refractivity contribution is 7.89. The molecule has 0 bridgehead atoms. The molecule has 3 rings (SSSR count). The monoisotopic (exact) mass is 385 g/mol. The van der Waals surface area contributed by atoms with Crippen molar-refractivity contribution in [3.63, 3.8) is 0 Å². The van der Waals surface area contributed by atoms with Crippen molar-refractivity contribution < 1.29 is 26.3 Å². The van der Waals surface area contributed by atoms with Gasteiger partial charge in [-0.05, 0) is 30.0 Å². The minimum absolute atomic E-state index is 0.00690. The van der Waals surface area contributed by atoms with Crippen molar-refractivity contribution >= 4 is 10.0 Å². The van der Waals surface area contributed by atoms with Gasteiger partial charge in [-0.3, -0.25) is 0 Å². The summed E-state index contributed by atoms with van der Waals surface area (Å²) in [6, 6.07) is 7.04. The molecule has 140 valence electrons. The Kier molecular flexibility index (Phi) is 4.98. The normalized spacial score (nSPS) is 21.1. The molecule has 1 aliphatic rings. The number of halogens is 3. The van der Waals surface area contributed by atoms with Gasteiger partial charge in [-0.15, -0.1) is 0 Å². The number of nitrogens with zero attached hydrogens (tertiary/aromatic N) is 1. The van der Waals surface area contributed by atoms with E-state index in [2.05, 4.69) is 0 Å². The summed E-state index contributed by atoms with van der Waals surface area (Å²) in [5.74, 6) is -3.50. The van der Waals surface area contributed by atoms with Crippen LogP contribution in [0.25, 0.3) is 0 Å². The van der Waals surface area contributed by atoms with Gasteiger partial charge in [0.2, 0.25) is 10.0 Å². The van der Waals surface area contributed by atoms with Gasteiger partial charge in [-0.2, -0.15) is 4.31 Å². The molecule has 0 radical (unpaired) electrons. The standard InChI is InChI=1S/C18H18F3NO3S/c1-11-6-17(12-4-3-5-14(7-12)25-2)22(10-11)26(23,24)18-15(20)8-13(19)9-16(18)21/h3-5,7-9,11,17H,6,10H2,1-2H3. The van der Waals surface area contributed by atoms with Crippen molar-refractivity contribution in [1.29, 1.82) is 0 Å². The Morgan fingerprint density at radius 3 is 2.38 bits per heavy atom. The number of rotatable bonds is 4. The second kappa shape index (κ2) is 6.92. The van der Waals surface area contributed by atoms with Gasteiger partial charge in [0.1, 0.15) is 23.2 Å². The van der Waals surface area contributed by atoms with E-state index >= 15 is 0 Å². The van der Waals surface area contributed by atoms with Crippen LogP contribution in [-0.4, -0.2) is 26.4 Å². The lowest BCUT2D eigenvalue weighted by Gasteiger charge is -2.25. The van der Waals surface area contributed by atoms with Gasteiger partial charge in [0, 0.05) is 18.7 Å². The van der Waals surface area contributed by atoms with Gasteiger partial charge in [0.25, 0.3) is 0 Å². The highest BCUT2D eigenvalue weighted by atomic mass is 32.2. The summed E-state index contributed by atoms with van der Waals surface area (Å²) in [5, 5.41) is 0. The highest BCUT2D eigenvalue weighted by Gasteiger charge is 2.42. The summed E-state index contributed by atoms with van der Waals surface area (Å²) in [5.41, 5.74) is 0.667. The first kappa shape index (κ1) is 18.7. The van der Waals surface area contributed by atoms with Crippen LogP contribution in [-0.2, 0) is 10.0 Å².